The average Bonchev–Trinajstić information content (AvgIpc) is 2.84. The standard InChI is InChI=1S/C14H18Cl2N2O2/c1-18-6-5-9(8-18)7-17-14(19)12-10(15)3-4-11(16)13(12)20-2/h3-4,9H,5-8H2,1-2H3,(H,17,19). The molecule has 0 aliphatic carbocycles. The molecule has 110 valence electrons. The Morgan fingerprint density at radius 2 is 2.15 bits per heavy atom. The molecule has 0 aromatic heterocycles. The number of nitrogens with zero attached hydrogens (tertiary/aromatic N) is 1. The molecule has 0 bridgehead atoms. The first-order chi connectivity index (χ1) is 9.52. The second kappa shape index (κ2) is 6.66. The fraction of sp³-hybridized carbons (Fsp3) is 0.500. The molecular weight excluding hydrogens is 299 g/mol. The first-order valence-electron chi connectivity index (χ1n) is 6.51. The van der Waals surface area contributed by atoms with Crippen LogP contribution in [0.2, 0.25) is 10.0 Å². The molecule has 1 unspecified atom stereocenters. The maximum absolute atomic E-state index is 12.3. The summed E-state index contributed by atoms with van der Waals surface area (Å²) in [5.74, 6) is 0.553. The Hall–Kier alpha value is -0.970. The Kier molecular flexibility index (Phi) is 5.13. The summed E-state index contributed by atoms with van der Waals surface area (Å²) in [6.45, 7) is 2.71. The summed E-state index contributed by atoms with van der Waals surface area (Å²) in [5.41, 5.74) is 0.299. The van der Waals surface area contributed by atoms with Crippen molar-refractivity contribution in [3.63, 3.8) is 0 Å². The smallest absolute Gasteiger partial charge is 0.256 e. The molecule has 6 heteroatoms. The molecule has 0 radical (unpaired) electrons. The number of ether oxygens (including phenoxy) is 1. The molecule has 1 N–H and O–H groups in total. The van der Waals surface area contributed by atoms with E-state index in [-0.39, 0.29) is 5.91 Å². The van der Waals surface area contributed by atoms with Crippen molar-refractivity contribution in [3.05, 3.63) is 27.7 Å². The van der Waals surface area contributed by atoms with Gasteiger partial charge in [0, 0.05) is 13.1 Å². The van der Waals surface area contributed by atoms with Gasteiger partial charge in [-0.1, -0.05) is 23.2 Å². The molecule has 0 spiro atoms. The van der Waals surface area contributed by atoms with Gasteiger partial charge >= 0.3 is 0 Å². The highest BCUT2D eigenvalue weighted by molar-refractivity contribution is 6.37. The van der Waals surface area contributed by atoms with Crippen LogP contribution < -0.4 is 10.1 Å². The number of benzene rings is 1. The van der Waals surface area contributed by atoms with Gasteiger partial charge in [-0.3, -0.25) is 4.79 Å². The predicted octanol–water partition coefficient (Wildman–Crippen LogP) is 2.68. The van der Waals surface area contributed by atoms with Crippen LogP contribution in [-0.2, 0) is 0 Å². The van der Waals surface area contributed by atoms with E-state index in [1.165, 1.54) is 7.11 Å². The van der Waals surface area contributed by atoms with E-state index in [0.29, 0.717) is 33.8 Å². The van der Waals surface area contributed by atoms with Gasteiger partial charge in [0.1, 0.15) is 5.56 Å². The van der Waals surface area contributed by atoms with Crippen LogP contribution in [-0.4, -0.2) is 44.6 Å². The van der Waals surface area contributed by atoms with Gasteiger partial charge in [0.05, 0.1) is 17.2 Å². The molecule has 0 saturated carbocycles. The van der Waals surface area contributed by atoms with E-state index >= 15 is 0 Å². The van der Waals surface area contributed by atoms with Crippen LogP contribution in [0.3, 0.4) is 0 Å². The molecule has 1 aromatic rings. The quantitative estimate of drug-likeness (QED) is 0.928. The van der Waals surface area contributed by atoms with E-state index in [1.807, 2.05) is 0 Å². The highest BCUT2D eigenvalue weighted by atomic mass is 35.5. The van der Waals surface area contributed by atoms with Crippen LogP contribution in [0.5, 0.6) is 5.75 Å². The summed E-state index contributed by atoms with van der Waals surface area (Å²) in [5, 5.41) is 3.63. The molecule has 1 heterocycles. The van der Waals surface area contributed by atoms with Crippen molar-refractivity contribution < 1.29 is 9.53 Å². The van der Waals surface area contributed by atoms with E-state index < -0.39 is 0 Å². The van der Waals surface area contributed by atoms with Crippen molar-refractivity contribution in [2.75, 3.05) is 33.8 Å². The van der Waals surface area contributed by atoms with Gasteiger partial charge in [0.25, 0.3) is 5.91 Å². The summed E-state index contributed by atoms with van der Waals surface area (Å²) < 4.78 is 5.18. The predicted molar refractivity (Wildman–Crippen MR) is 81.0 cm³/mol. The third-order valence-electron chi connectivity index (χ3n) is 3.53. The number of nitrogens with one attached hydrogen (secondary N) is 1. The van der Waals surface area contributed by atoms with Crippen molar-refractivity contribution >= 4 is 29.1 Å². The van der Waals surface area contributed by atoms with E-state index in [1.54, 1.807) is 12.1 Å². The Morgan fingerprint density at radius 1 is 1.45 bits per heavy atom. The number of likely N-dealkylation sites (tertiary alicyclic amines) is 1. The van der Waals surface area contributed by atoms with Crippen LogP contribution in [0.4, 0.5) is 0 Å². The van der Waals surface area contributed by atoms with Crippen LogP contribution in [0.1, 0.15) is 16.8 Å². The first kappa shape index (κ1) is 15.4. The fourth-order valence-corrected chi connectivity index (χ4v) is 2.93. The lowest BCUT2D eigenvalue weighted by Gasteiger charge is -2.15. The molecule has 1 aliphatic heterocycles. The van der Waals surface area contributed by atoms with Gasteiger partial charge < -0.3 is 15.0 Å². The van der Waals surface area contributed by atoms with Gasteiger partial charge in [0.2, 0.25) is 0 Å². The van der Waals surface area contributed by atoms with Gasteiger partial charge in [-0.2, -0.15) is 0 Å². The number of hydrogen-bond acceptors (Lipinski definition) is 3. The van der Waals surface area contributed by atoms with Crippen molar-refractivity contribution in [1.29, 1.82) is 0 Å². The molecular formula is C14H18Cl2N2O2. The van der Waals surface area contributed by atoms with E-state index in [0.717, 1.165) is 19.5 Å². The lowest BCUT2D eigenvalue weighted by molar-refractivity contribution is 0.0944. The number of halogens is 2. The zero-order valence-corrected chi connectivity index (χ0v) is 13.1. The molecule has 1 aliphatic rings. The second-order valence-electron chi connectivity index (χ2n) is 5.06. The summed E-state index contributed by atoms with van der Waals surface area (Å²) in [6, 6.07) is 3.22. The van der Waals surface area contributed by atoms with E-state index in [9.17, 15) is 4.79 Å². The molecule has 1 atom stereocenters. The minimum atomic E-state index is -0.246. The summed E-state index contributed by atoms with van der Waals surface area (Å²) in [7, 11) is 3.55. The topological polar surface area (TPSA) is 41.6 Å². The number of carbonyl (C=O) groups excluding carboxylic acids is 1. The zero-order chi connectivity index (χ0) is 14.7. The van der Waals surface area contributed by atoms with Crippen molar-refractivity contribution in [2.24, 2.45) is 5.92 Å². The fourth-order valence-electron chi connectivity index (χ4n) is 2.46. The molecule has 20 heavy (non-hydrogen) atoms. The van der Waals surface area contributed by atoms with Gasteiger partial charge in [-0.15, -0.1) is 0 Å². The van der Waals surface area contributed by atoms with E-state index in [2.05, 4.69) is 17.3 Å². The summed E-state index contributed by atoms with van der Waals surface area (Å²) >= 11 is 12.1. The maximum atomic E-state index is 12.3. The number of hydrogen-bond donors (Lipinski definition) is 1. The first-order valence-corrected chi connectivity index (χ1v) is 7.27. The molecule has 1 saturated heterocycles. The summed E-state index contributed by atoms with van der Waals surface area (Å²) in [6.07, 6.45) is 1.09. The normalized spacial score (nSPS) is 19.1. The van der Waals surface area contributed by atoms with Crippen LogP contribution in [0, 0.1) is 5.92 Å². The Labute approximate surface area is 129 Å². The average molecular weight is 317 g/mol. The molecule has 2 rings (SSSR count). The zero-order valence-electron chi connectivity index (χ0n) is 11.6. The van der Waals surface area contributed by atoms with E-state index in [4.69, 9.17) is 27.9 Å². The third-order valence-corrected chi connectivity index (χ3v) is 4.14. The maximum Gasteiger partial charge on any atom is 0.256 e. The Bertz CT molecular complexity index is 508. The second-order valence-corrected chi connectivity index (χ2v) is 5.88. The van der Waals surface area contributed by atoms with Crippen molar-refractivity contribution in [1.82, 2.24) is 10.2 Å². The monoisotopic (exact) mass is 316 g/mol. The number of rotatable bonds is 4. The van der Waals surface area contributed by atoms with Gasteiger partial charge in [-0.25, -0.2) is 0 Å². The Morgan fingerprint density at radius 3 is 2.75 bits per heavy atom. The van der Waals surface area contributed by atoms with Crippen molar-refractivity contribution in [3.8, 4) is 5.75 Å². The summed E-state index contributed by atoms with van der Waals surface area (Å²) in [4.78, 5) is 14.5. The van der Waals surface area contributed by atoms with Crippen LogP contribution in [0.25, 0.3) is 0 Å². The third kappa shape index (κ3) is 3.37. The molecule has 1 aromatic carbocycles. The molecule has 1 amide bonds. The minimum Gasteiger partial charge on any atom is -0.494 e. The van der Waals surface area contributed by atoms with Gasteiger partial charge in [-0.05, 0) is 38.1 Å². The molecule has 1 fully saturated rings. The van der Waals surface area contributed by atoms with Crippen LogP contribution in [0.15, 0.2) is 12.1 Å². The lowest BCUT2D eigenvalue weighted by Crippen LogP contribution is -2.31. The lowest BCUT2D eigenvalue weighted by atomic mass is 10.1. The van der Waals surface area contributed by atoms with Gasteiger partial charge in [0.15, 0.2) is 5.75 Å². The number of carbonyl (C=O) groups is 1. The molecule has 4 nitrogen and oxygen atoms in total. The highest BCUT2D eigenvalue weighted by Crippen LogP contribution is 2.33. The van der Waals surface area contributed by atoms with Crippen LogP contribution >= 0.6 is 23.2 Å². The highest BCUT2D eigenvalue weighted by Gasteiger charge is 2.23. The number of methoxy groups -OCH3 is 1. The minimum absolute atomic E-state index is 0.246. The number of amides is 1. The SMILES string of the molecule is COc1c(Cl)ccc(Cl)c1C(=O)NCC1CCN(C)C1. The Balaban J connectivity index is 2.07. The van der Waals surface area contributed by atoms with Crippen molar-refractivity contribution in [2.45, 2.75) is 6.42 Å². The largest absolute Gasteiger partial charge is 0.494 e.